The van der Waals surface area contributed by atoms with E-state index in [0.717, 1.165) is 35.1 Å². The standard InChI is InChI=1S/C19H16F2N4O2/c1-27-18-9-14(4-5-22-18)25-10-15-16(2-3-17(15)24-25)23-19(26)11-6-12(20)8-13(21)7-11/h4-10,16H,2-3H2,1H3,(H,23,26). The molecule has 0 fully saturated rings. The molecule has 1 atom stereocenters. The van der Waals surface area contributed by atoms with Crippen molar-refractivity contribution in [3.63, 3.8) is 0 Å². The summed E-state index contributed by atoms with van der Waals surface area (Å²) in [5.74, 6) is -1.62. The van der Waals surface area contributed by atoms with E-state index in [9.17, 15) is 13.6 Å². The van der Waals surface area contributed by atoms with E-state index in [1.54, 1.807) is 23.0 Å². The Kier molecular flexibility index (Phi) is 4.31. The first-order valence-corrected chi connectivity index (χ1v) is 8.39. The average Bonchev–Trinajstić information content (AvgIpc) is 3.23. The quantitative estimate of drug-likeness (QED) is 0.767. The maximum atomic E-state index is 13.3. The second-order valence-corrected chi connectivity index (χ2v) is 6.25. The molecule has 1 aromatic carbocycles. The molecule has 3 aromatic rings. The number of benzene rings is 1. The topological polar surface area (TPSA) is 69.0 Å². The van der Waals surface area contributed by atoms with Crippen LogP contribution in [0.5, 0.6) is 5.88 Å². The maximum Gasteiger partial charge on any atom is 0.251 e. The monoisotopic (exact) mass is 370 g/mol. The fourth-order valence-corrected chi connectivity index (χ4v) is 3.21. The van der Waals surface area contributed by atoms with Gasteiger partial charge in [0.05, 0.1) is 24.5 Å². The fraction of sp³-hybridized carbons (Fsp3) is 0.211. The summed E-state index contributed by atoms with van der Waals surface area (Å²) >= 11 is 0. The number of aryl methyl sites for hydroxylation is 1. The van der Waals surface area contributed by atoms with Gasteiger partial charge in [-0.2, -0.15) is 5.10 Å². The highest BCUT2D eigenvalue weighted by molar-refractivity contribution is 5.94. The highest BCUT2D eigenvalue weighted by Crippen LogP contribution is 2.31. The molecule has 0 spiro atoms. The van der Waals surface area contributed by atoms with Crippen molar-refractivity contribution in [2.24, 2.45) is 0 Å². The molecule has 138 valence electrons. The van der Waals surface area contributed by atoms with E-state index in [0.29, 0.717) is 18.7 Å². The molecule has 4 rings (SSSR count). The Morgan fingerprint density at radius 2 is 2.04 bits per heavy atom. The molecule has 1 aliphatic rings. The zero-order valence-corrected chi connectivity index (χ0v) is 14.4. The van der Waals surface area contributed by atoms with E-state index in [1.807, 2.05) is 6.20 Å². The molecule has 0 saturated heterocycles. The highest BCUT2D eigenvalue weighted by Gasteiger charge is 2.28. The molecule has 8 heteroatoms. The molecular weight excluding hydrogens is 354 g/mol. The molecule has 0 radical (unpaired) electrons. The maximum absolute atomic E-state index is 13.3. The molecule has 1 amide bonds. The number of hydrogen-bond donors (Lipinski definition) is 1. The first-order chi connectivity index (χ1) is 13.0. The van der Waals surface area contributed by atoms with Gasteiger partial charge < -0.3 is 10.1 Å². The Morgan fingerprint density at radius 3 is 2.78 bits per heavy atom. The normalized spacial score (nSPS) is 15.4. The van der Waals surface area contributed by atoms with Gasteiger partial charge in [-0.3, -0.25) is 4.79 Å². The minimum Gasteiger partial charge on any atom is -0.481 e. The van der Waals surface area contributed by atoms with Crippen molar-refractivity contribution in [3.05, 3.63) is 71.2 Å². The van der Waals surface area contributed by atoms with Crippen molar-refractivity contribution < 1.29 is 18.3 Å². The number of nitrogens with one attached hydrogen (secondary N) is 1. The van der Waals surface area contributed by atoms with Gasteiger partial charge in [0.15, 0.2) is 0 Å². The van der Waals surface area contributed by atoms with Crippen LogP contribution in [0.25, 0.3) is 5.69 Å². The highest BCUT2D eigenvalue weighted by atomic mass is 19.1. The summed E-state index contributed by atoms with van der Waals surface area (Å²) in [5.41, 5.74) is 2.50. The van der Waals surface area contributed by atoms with Crippen LogP contribution in [0.4, 0.5) is 8.78 Å². The summed E-state index contributed by atoms with van der Waals surface area (Å²) in [4.78, 5) is 16.4. The number of pyridine rings is 1. The molecule has 0 saturated carbocycles. The van der Waals surface area contributed by atoms with E-state index in [-0.39, 0.29) is 11.6 Å². The second kappa shape index (κ2) is 6.79. The summed E-state index contributed by atoms with van der Waals surface area (Å²) < 4.78 is 33.5. The minimum atomic E-state index is -0.785. The van der Waals surface area contributed by atoms with Gasteiger partial charge in [-0.05, 0) is 31.0 Å². The Labute approximate surface area is 153 Å². The first-order valence-electron chi connectivity index (χ1n) is 8.39. The number of halogens is 2. The van der Waals surface area contributed by atoms with Crippen LogP contribution >= 0.6 is 0 Å². The minimum absolute atomic E-state index is 0.0489. The number of nitrogens with zero attached hydrogens (tertiary/aromatic N) is 3. The van der Waals surface area contributed by atoms with Crippen LogP contribution in [0, 0.1) is 11.6 Å². The van der Waals surface area contributed by atoms with Crippen LogP contribution in [-0.2, 0) is 6.42 Å². The number of carbonyl (C=O) groups excluding carboxylic acids is 1. The molecule has 1 N–H and O–H groups in total. The zero-order chi connectivity index (χ0) is 19.0. The molecule has 0 aliphatic heterocycles. The fourth-order valence-electron chi connectivity index (χ4n) is 3.21. The van der Waals surface area contributed by atoms with Crippen molar-refractivity contribution in [2.75, 3.05) is 7.11 Å². The lowest BCUT2D eigenvalue weighted by Gasteiger charge is -2.13. The van der Waals surface area contributed by atoms with Crippen molar-refractivity contribution in [1.82, 2.24) is 20.1 Å². The predicted molar refractivity (Wildman–Crippen MR) is 92.8 cm³/mol. The van der Waals surface area contributed by atoms with Gasteiger partial charge >= 0.3 is 0 Å². The summed E-state index contributed by atoms with van der Waals surface area (Å²) in [6.45, 7) is 0. The summed E-state index contributed by atoms with van der Waals surface area (Å²) in [6.07, 6.45) is 4.85. The van der Waals surface area contributed by atoms with E-state index in [4.69, 9.17) is 4.74 Å². The summed E-state index contributed by atoms with van der Waals surface area (Å²) in [5, 5.41) is 7.39. The number of aromatic nitrogens is 3. The molecular formula is C19H16F2N4O2. The third kappa shape index (κ3) is 3.38. The Hall–Kier alpha value is -3.29. The number of hydrogen-bond acceptors (Lipinski definition) is 4. The van der Waals surface area contributed by atoms with Gasteiger partial charge in [-0.1, -0.05) is 0 Å². The number of carbonyl (C=O) groups is 1. The zero-order valence-electron chi connectivity index (χ0n) is 14.4. The van der Waals surface area contributed by atoms with Crippen molar-refractivity contribution in [3.8, 4) is 11.6 Å². The van der Waals surface area contributed by atoms with Crippen molar-refractivity contribution in [1.29, 1.82) is 0 Å². The van der Waals surface area contributed by atoms with E-state index in [2.05, 4.69) is 15.4 Å². The Balaban J connectivity index is 1.56. The Bertz CT molecular complexity index is 998. The lowest BCUT2D eigenvalue weighted by Crippen LogP contribution is -2.27. The summed E-state index contributed by atoms with van der Waals surface area (Å²) in [6, 6.07) is 6.05. The molecule has 0 bridgehead atoms. The Morgan fingerprint density at radius 1 is 1.26 bits per heavy atom. The summed E-state index contributed by atoms with van der Waals surface area (Å²) in [7, 11) is 1.54. The van der Waals surface area contributed by atoms with E-state index in [1.165, 1.54) is 7.11 Å². The van der Waals surface area contributed by atoms with Gasteiger partial charge in [0.2, 0.25) is 5.88 Å². The van der Waals surface area contributed by atoms with Crippen LogP contribution in [0.3, 0.4) is 0 Å². The number of methoxy groups -OCH3 is 1. The molecule has 2 heterocycles. The second-order valence-electron chi connectivity index (χ2n) is 6.25. The third-order valence-corrected chi connectivity index (χ3v) is 4.49. The van der Waals surface area contributed by atoms with Gasteiger partial charge in [0, 0.05) is 35.7 Å². The predicted octanol–water partition coefficient (Wildman–Crippen LogP) is 2.97. The lowest BCUT2D eigenvalue weighted by atomic mass is 10.1. The molecule has 6 nitrogen and oxygen atoms in total. The molecule has 1 aliphatic carbocycles. The van der Waals surface area contributed by atoms with E-state index >= 15 is 0 Å². The molecule has 2 aromatic heterocycles. The SMILES string of the molecule is COc1cc(-n2cc3c(n2)CCC3NC(=O)c2cc(F)cc(F)c2)ccn1. The van der Waals surface area contributed by atoms with Crippen LogP contribution in [0.2, 0.25) is 0 Å². The lowest BCUT2D eigenvalue weighted by molar-refractivity contribution is 0.0935. The van der Waals surface area contributed by atoms with Crippen molar-refractivity contribution >= 4 is 5.91 Å². The van der Waals surface area contributed by atoms with Gasteiger partial charge in [0.1, 0.15) is 11.6 Å². The van der Waals surface area contributed by atoms with Gasteiger partial charge in [0.25, 0.3) is 5.91 Å². The van der Waals surface area contributed by atoms with Crippen LogP contribution in [0.1, 0.15) is 34.1 Å². The van der Waals surface area contributed by atoms with Crippen LogP contribution in [-0.4, -0.2) is 27.8 Å². The smallest absolute Gasteiger partial charge is 0.251 e. The van der Waals surface area contributed by atoms with Gasteiger partial charge in [-0.15, -0.1) is 0 Å². The third-order valence-electron chi connectivity index (χ3n) is 4.49. The first kappa shape index (κ1) is 17.1. The van der Waals surface area contributed by atoms with Gasteiger partial charge in [-0.25, -0.2) is 18.4 Å². The van der Waals surface area contributed by atoms with Crippen molar-refractivity contribution in [2.45, 2.75) is 18.9 Å². The van der Waals surface area contributed by atoms with Crippen LogP contribution < -0.4 is 10.1 Å². The number of ether oxygens (including phenoxy) is 1. The molecule has 27 heavy (non-hydrogen) atoms. The van der Waals surface area contributed by atoms with E-state index < -0.39 is 17.5 Å². The average molecular weight is 370 g/mol. The number of amides is 1. The van der Waals surface area contributed by atoms with Crippen LogP contribution in [0.15, 0.2) is 42.7 Å². The number of rotatable bonds is 4. The number of fused-ring (bicyclic) bond motifs is 1. The molecule has 1 unspecified atom stereocenters. The largest absolute Gasteiger partial charge is 0.481 e.